The van der Waals surface area contributed by atoms with E-state index in [1.807, 2.05) is 6.92 Å². The van der Waals surface area contributed by atoms with Crippen LogP contribution in [0.25, 0.3) is 0 Å². The van der Waals surface area contributed by atoms with Gasteiger partial charge in [0.25, 0.3) is 5.91 Å². The third-order valence-corrected chi connectivity index (χ3v) is 2.72. The number of benzene rings is 1. The molecule has 4 N–H and O–H groups in total. The van der Waals surface area contributed by atoms with Crippen molar-refractivity contribution in [2.24, 2.45) is 10.9 Å². The normalized spacial score (nSPS) is 11.4. The van der Waals surface area contributed by atoms with Crippen molar-refractivity contribution in [3.05, 3.63) is 29.3 Å². The molecule has 0 unspecified atom stereocenters. The number of phenols is 1. The fraction of sp³-hybridized carbons (Fsp3) is 0.385. The van der Waals surface area contributed by atoms with E-state index in [1.165, 1.54) is 11.0 Å². The zero-order valence-electron chi connectivity index (χ0n) is 11.1. The number of phenolic OH excluding ortho intramolecular Hbond substituents is 1. The fourth-order valence-corrected chi connectivity index (χ4v) is 1.67. The summed E-state index contributed by atoms with van der Waals surface area (Å²) in [6.07, 6.45) is 0.752. The average Bonchev–Trinajstić information content (AvgIpc) is 2.40. The Labute approximate surface area is 112 Å². The summed E-state index contributed by atoms with van der Waals surface area (Å²) in [6, 6.07) is 4.75. The summed E-state index contributed by atoms with van der Waals surface area (Å²) in [4.78, 5) is 13.7. The Bertz CT molecular complexity index is 486. The maximum absolute atomic E-state index is 12.3. The summed E-state index contributed by atoms with van der Waals surface area (Å²) in [6.45, 7) is 4.23. The molecule has 104 valence electrons. The summed E-state index contributed by atoms with van der Waals surface area (Å²) in [7, 11) is 0. The topological polar surface area (TPSA) is 99.1 Å². The molecule has 1 rings (SSSR count). The number of oxime groups is 1. The smallest absolute Gasteiger partial charge is 0.254 e. The zero-order chi connectivity index (χ0) is 14.4. The van der Waals surface area contributed by atoms with Gasteiger partial charge in [0.05, 0.1) is 6.54 Å². The maximum Gasteiger partial charge on any atom is 0.254 e. The minimum Gasteiger partial charge on any atom is -0.508 e. The number of nitrogens with two attached hydrogens (primary N) is 1. The third kappa shape index (κ3) is 3.87. The van der Waals surface area contributed by atoms with Crippen LogP contribution in [0.4, 0.5) is 0 Å². The van der Waals surface area contributed by atoms with Gasteiger partial charge < -0.3 is 20.9 Å². The molecule has 19 heavy (non-hydrogen) atoms. The van der Waals surface area contributed by atoms with E-state index < -0.39 is 0 Å². The second-order valence-corrected chi connectivity index (χ2v) is 4.32. The average molecular weight is 265 g/mol. The molecular formula is C13H19N3O3. The van der Waals surface area contributed by atoms with Crippen molar-refractivity contribution in [2.45, 2.75) is 20.3 Å². The van der Waals surface area contributed by atoms with Gasteiger partial charge in [-0.05, 0) is 31.0 Å². The third-order valence-electron chi connectivity index (χ3n) is 2.72. The van der Waals surface area contributed by atoms with Crippen molar-refractivity contribution >= 4 is 11.7 Å². The van der Waals surface area contributed by atoms with Crippen molar-refractivity contribution in [3.63, 3.8) is 0 Å². The second kappa shape index (κ2) is 6.63. The van der Waals surface area contributed by atoms with Crippen LogP contribution in [-0.4, -0.2) is 40.0 Å². The first kappa shape index (κ1) is 14.8. The second-order valence-electron chi connectivity index (χ2n) is 4.32. The van der Waals surface area contributed by atoms with Gasteiger partial charge in [0, 0.05) is 12.1 Å². The standard InChI is InChI=1S/C13H19N3O3/c1-3-6-16(8-12(14)15-19)13(18)10-5-4-9(2)11(17)7-10/h4-5,7,17,19H,3,6,8H2,1-2H3,(H2,14,15). The van der Waals surface area contributed by atoms with E-state index >= 15 is 0 Å². The molecule has 0 bridgehead atoms. The molecular weight excluding hydrogens is 246 g/mol. The van der Waals surface area contributed by atoms with Crippen molar-refractivity contribution < 1.29 is 15.1 Å². The van der Waals surface area contributed by atoms with Crippen LogP contribution in [-0.2, 0) is 0 Å². The number of hydrogen-bond donors (Lipinski definition) is 3. The maximum atomic E-state index is 12.3. The minimum absolute atomic E-state index is 0.0295. The van der Waals surface area contributed by atoms with E-state index in [-0.39, 0.29) is 24.0 Å². The molecule has 6 nitrogen and oxygen atoms in total. The van der Waals surface area contributed by atoms with Crippen LogP contribution in [0.3, 0.4) is 0 Å². The summed E-state index contributed by atoms with van der Waals surface area (Å²) in [5, 5.41) is 21.1. The number of aryl methyl sites for hydroxylation is 1. The van der Waals surface area contributed by atoms with Crippen LogP contribution in [0.1, 0.15) is 29.3 Å². The Morgan fingerprint density at radius 2 is 2.16 bits per heavy atom. The van der Waals surface area contributed by atoms with E-state index in [0.717, 1.165) is 6.42 Å². The molecule has 0 aliphatic rings. The van der Waals surface area contributed by atoms with Crippen LogP contribution >= 0.6 is 0 Å². The van der Waals surface area contributed by atoms with Gasteiger partial charge in [-0.1, -0.05) is 18.1 Å². The van der Waals surface area contributed by atoms with E-state index in [9.17, 15) is 9.90 Å². The van der Waals surface area contributed by atoms with Gasteiger partial charge in [0.1, 0.15) is 5.75 Å². The zero-order valence-corrected chi connectivity index (χ0v) is 11.1. The molecule has 0 saturated carbocycles. The Morgan fingerprint density at radius 3 is 2.68 bits per heavy atom. The molecule has 0 atom stereocenters. The molecule has 1 aromatic rings. The Hall–Kier alpha value is -2.24. The predicted molar refractivity (Wildman–Crippen MR) is 72.4 cm³/mol. The van der Waals surface area contributed by atoms with E-state index in [1.54, 1.807) is 19.1 Å². The van der Waals surface area contributed by atoms with Crippen molar-refractivity contribution in [2.75, 3.05) is 13.1 Å². The molecule has 0 aliphatic carbocycles. The fourth-order valence-electron chi connectivity index (χ4n) is 1.67. The van der Waals surface area contributed by atoms with Crippen molar-refractivity contribution in [1.82, 2.24) is 4.90 Å². The number of rotatable bonds is 5. The van der Waals surface area contributed by atoms with E-state index in [0.29, 0.717) is 17.7 Å². The molecule has 1 amide bonds. The first-order chi connectivity index (χ1) is 8.99. The molecule has 0 aliphatic heterocycles. The summed E-state index contributed by atoms with van der Waals surface area (Å²) < 4.78 is 0. The molecule has 0 spiro atoms. The van der Waals surface area contributed by atoms with Crippen LogP contribution < -0.4 is 5.73 Å². The highest BCUT2D eigenvalue weighted by Crippen LogP contribution is 2.18. The quantitative estimate of drug-likeness (QED) is 0.323. The van der Waals surface area contributed by atoms with Gasteiger partial charge >= 0.3 is 0 Å². The lowest BCUT2D eigenvalue weighted by molar-refractivity contribution is 0.0778. The highest BCUT2D eigenvalue weighted by atomic mass is 16.4. The molecule has 0 radical (unpaired) electrons. The lowest BCUT2D eigenvalue weighted by atomic mass is 10.1. The lowest BCUT2D eigenvalue weighted by Crippen LogP contribution is -2.39. The molecule has 0 aromatic heterocycles. The largest absolute Gasteiger partial charge is 0.508 e. The van der Waals surface area contributed by atoms with Gasteiger partial charge in [-0.15, -0.1) is 0 Å². The predicted octanol–water partition coefficient (Wildman–Crippen LogP) is 1.30. The van der Waals surface area contributed by atoms with Crippen LogP contribution in [0, 0.1) is 6.92 Å². The summed E-state index contributed by atoms with van der Waals surface area (Å²) in [5.41, 5.74) is 6.51. The number of carbonyl (C=O) groups is 1. The molecule has 6 heteroatoms. The Kier molecular flexibility index (Phi) is 5.17. The van der Waals surface area contributed by atoms with E-state index in [4.69, 9.17) is 10.9 Å². The molecule has 0 heterocycles. The monoisotopic (exact) mass is 265 g/mol. The number of amides is 1. The van der Waals surface area contributed by atoms with Gasteiger partial charge in [0.15, 0.2) is 5.84 Å². The molecule has 0 fully saturated rings. The van der Waals surface area contributed by atoms with Crippen molar-refractivity contribution in [1.29, 1.82) is 0 Å². The Balaban J connectivity index is 2.95. The van der Waals surface area contributed by atoms with Gasteiger partial charge in [-0.25, -0.2) is 0 Å². The number of nitrogens with zero attached hydrogens (tertiary/aromatic N) is 2. The van der Waals surface area contributed by atoms with Crippen molar-refractivity contribution in [3.8, 4) is 5.75 Å². The summed E-state index contributed by atoms with van der Waals surface area (Å²) in [5.74, 6) is -0.215. The highest BCUT2D eigenvalue weighted by Gasteiger charge is 2.17. The van der Waals surface area contributed by atoms with Crippen LogP contribution in [0.15, 0.2) is 23.4 Å². The van der Waals surface area contributed by atoms with Crippen LogP contribution in [0.2, 0.25) is 0 Å². The summed E-state index contributed by atoms with van der Waals surface area (Å²) >= 11 is 0. The van der Waals surface area contributed by atoms with Gasteiger partial charge in [-0.3, -0.25) is 4.79 Å². The Morgan fingerprint density at radius 1 is 1.47 bits per heavy atom. The van der Waals surface area contributed by atoms with Gasteiger partial charge in [0.2, 0.25) is 0 Å². The highest BCUT2D eigenvalue weighted by molar-refractivity contribution is 5.97. The number of aromatic hydroxyl groups is 1. The lowest BCUT2D eigenvalue weighted by Gasteiger charge is -2.21. The minimum atomic E-state index is -0.260. The first-order valence-electron chi connectivity index (χ1n) is 6.04. The van der Waals surface area contributed by atoms with Crippen LogP contribution in [0.5, 0.6) is 5.75 Å². The number of carbonyl (C=O) groups excluding carboxylic acids is 1. The van der Waals surface area contributed by atoms with Gasteiger partial charge in [-0.2, -0.15) is 0 Å². The first-order valence-corrected chi connectivity index (χ1v) is 6.04. The molecule has 1 aromatic carbocycles. The molecule has 0 saturated heterocycles. The number of amidine groups is 1. The number of hydrogen-bond acceptors (Lipinski definition) is 4. The van der Waals surface area contributed by atoms with E-state index in [2.05, 4.69) is 5.16 Å². The SMILES string of the molecule is CCCN(CC(N)=NO)C(=O)c1ccc(C)c(O)c1.